The first-order valence-corrected chi connectivity index (χ1v) is 7.92. The van der Waals surface area contributed by atoms with Crippen molar-refractivity contribution in [3.05, 3.63) is 50.4 Å². The molecule has 0 N–H and O–H groups in total. The number of benzene rings is 1. The molecule has 1 aromatic rings. The Balaban J connectivity index is 1.58. The molecule has 2 aliphatic carbocycles. The van der Waals surface area contributed by atoms with Crippen molar-refractivity contribution in [3.63, 3.8) is 0 Å². The van der Waals surface area contributed by atoms with Crippen LogP contribution in [0.3, 0.4) is 0 Å². The molecule has 0 aromatic heterocycles. The van der Waals surface area contributed by atoms with Crippen LogP contribution in [-0.2, 0) is 4.74 Å². The first-order chi connectivity index (χ1) is 11.4. The third-order valence-corrected chi connectivity index (χ3v) is 5.08. The lowest BCUT2D eigenvalue weighted by atomic mass is 9.97. The molecule has 0 aliphatic heterocycles. The Kier molecular flexibility index (Phi) is 4.15. The molecular formula is C16H18N4O4. The number of hydrogen-bond donors (Lipinski definition) is 0. The monoisotopic (exact) mass is 330 g/mol. The van der Waals surface area contributed by atoms with Gasteiger partial charge >= 0.3 is 5.97 Å². The molecule has 24 heavy (non-hydrogen) atoms. The minimum absolute atomic E-state index is 0.0562. The van der Waals surface area contributed by atoms with Crippen LogP contribution in [0.25, 0.3) is 10.4 Å². The number of ether oxygens (including phenoxy) is 1. The summed E-state index contributed by atoms with van der Waals surface area (Å²) in [6, 6.07) is 5.42. The number of carbonyl (C=O) groups excluding carboxylic acids is 1. The fraction of sp³-hybridized carbons (Fsp3) is 0.562. The number of hydrogen-bond acceptors (Lipinski definition) is 5. The van der Waals surface area contributed by atoms with Crippen molar-refractivity contribution in [1.29, 1.82) is 0 Å². The molecule has 0 saturated heterocycles. The van der Waals surface area contributed by atoms with E-state index < -0.39 is 10.9 Å². The van der Waals surface area contributed by atoms with Gasteiger partial charge in [-0.15, -0.1) is 0 Å². The number of rotatable bonds is 4. The Morgan fingerprint density at radius 1 is 1.33 bits per heavy atom. The summed E-state index contributed by atoms with van der Waals surface area (Å²) in [5.41, 5.74) is 8.59. The lowest BCUT2D eigenvalue weighted by Gasteiger charge is -2.20. The third kappa shape index (κ3) is 3.19. The lowest BCUT2D eigenvalue weighted by molar-refractivity contribution is -0.384. The summed E-state index contributed by atoms with van der Waals surface area (Å²) in [6.07, 6.45) is 3.07. The van der Waals surface area contributed by atoms with E-state index in [1.54, 1.807) is 0 Å². The van der Waals surface area contributed by atoms with Gasteiger partial charge in [0.15, 0.2) is 0 Å². The Morgan fingerprint density at radius 3 is 2.42 bits per heavy atom. The summed E-state index contributed by atoms with van der Waals surface area (Å²) < 4.78 is 5.55. The Hall–Kier alpha value is -2.60. The normalized spacial score (nSPS) is 31.1. The molecule has 2 aliphatic rings. The van der Waals surface area contributed by atoms with Crippen LogP contribution < -0.4 is 0 Å². The SMILES string of the molecule is C[C@@]1(N=[N+]=[N-])C[C@H]2C[C@H](OC(=O)c3ccc([N+](=O)[O-])cc3)C[C@H]2C1. The maximum absolute atomic E-state index is 12.2. The Labute approximate surface area is 138 Å². The van der Waals surface area contributed by atoms with E-state index in [0.29, 0.717) is 17.4 Å². The van der Waals surface area contributed by atoms with Crippen LogP contribution in [-0.4, -0.2) is 22.5 Å². The summed E-state index contributed by atoms with van der Waals surface area (Å²) in [4.78, 5) is 25.2. The molecule has 126 valence electrons. The summed E-state index contributed by atoms with van der Waals surface area (Å²) >= 11 is 0. The van der Waals surface area contributed by atoms with Gasteiger partial charge in [-0.1, -0.05) is 12.0 Å². The standard InChI is InChI=1S/C16H18N4O4/c1-16(18-19-17)8-11-6-14(7-12(11)9-16)24-15(21)10-2-4-13(5-3-10)20(22)23/h2-5,11-12,14H,6-9H2,1H3/t11-,12+,14+,16-. The summed E-state index contributed by atoms with van der Waals surface area (Å²) in [5.74, 6) is 0.373. The van der Waals surface area contributed by atoms with Gasteiger partial charge in [-0.2, -0.15) is 0 Å². The largest absolute Gasteiger partial charge is 0.459 e. The van der Waals surface area contributed by atoms with E-state index in [2.05, 4.69) is 10.0 Å². The Morgan fingerprint density at radius 2 is 1.92 bits per heavy atom. The smallest absolute Gasteiger partial charge is 0.338 e. The van der Waals surface area contributed by atoms with E-state index in [1.165, 1.54) is 24.3 Å². The lowest BCUT2D eigenvalue weighted by Crippen LogP contribution is -2.21. The van der Waals surface area contributed by atoms with Crippen LogP contribution in [0.1, 0.15) is 43.0 Å². The molecule has 0 bridgehead atoms. The molecule has 1 aromatic carbocycles. The molecular weight excluding hydrogens is 312 g/mol. The van der Waals surface area contributed by atoms with E-state index in [4.69, 9.17) is 10.3 Å². The van der Waals surface area contributed by atoms with Crippen LogP contribution in [0.4, 0.5) is 5.69 Å². The summed E-state index contributed by atoms with van der Waals surface area (Å²) in [5, 5.41) is 14.5. The molecule has 0 heterocycles. The molecule has 0 spiro atoms. The van der Waals surface area contributed by atoms with E-state index in [0.717, 1.165) is 25.7 Å². The van der Waals surface area contributed by atoms with E-state index in [1.807, 2.05) is 6.92 Å². The van der Waals surface area contributed by atoms with Crippen LogP contribution in [0.2, 0.25) is 0 Å². The second-order valence-corrected chi connectivity index (χ2v) is 6.92. The zero-order valence-corrected chi connectivity index (χ0v) is 13.3. The van der Waals surface area contributed by atoms with Crippen molar-refractivity contribution in [1.82, 2.24) is 0 Å². The maximum atomic E-state index is 12.2. The molecule has 0 unspecified atom stereocenters. The topological polar surface area (TPSA) is 118 Å². The molecule has 2 saturated carbocycles. The van der Waals surface area contributed by atoms with Gasteiger partial charge in [-0.05, 0) is 55.2 Å². The van der Waals surface area contributed by atoms with Gasteiger partial charge < -0.3 is 4.74 Å². The van der Waals surface area contributed by atoms with Crippen LogP contribution in [0, 0.1) is 22.0 Å². The highest BCUT2D eigenvalue weighted by Crippen LogP contribution is 2.51. The highest BCUT2D eigenvalue weighted by atomic mass is 16.6. The number of esters is 1. The van der Waals surface area contributed by atoms with Gasteiger partial charge in [0.2, 0.25) is 0 Å². The molecule has 2 fully saturated rings. The molecule has 8 heteroatoms. The van der Waals surface area contributed by atoms with Gasteiger partial charge in [0, 0.05) is 22.6 Å². The van der Waals surface area contributed by atoms with E-state index in [9.17, 15) is 14.9 Å². The van der Waals surface area contributed by atoms with Crippen LogP contribution in [0.15, 0.2) is 29.4 Å². The van der Waals surface area contributed by atoms with Gasteiger partial charge in [0.05, 0.1) is 10.5 Å². The average Bonchev–Trinajstić information content (AvgIpc) is 3.01. The van der Waals surface area contributed by atoms with Crippen molar-refractivity contribution in [2.45, 2.75) is 44.2 Å². The number of nitrogens with zero attached hydrogens (tertiary/aromatic N) is 4. The van der Waals surface area contributed by atoms with Crippen LogP contribution in [0.5, 0.6) is 0 Å². The molecule has 0 amide bonds. The minimum atomic E-state index is -0.506. The van der Waals surface area contributed by atoms with Crippen molar-refractivity contribution < 1.29 is 14.5 Å². The van der Waals surface area contributed by atoms with E-state index >= 15 is 0 Å². The summed E-state index contributed by atoms with van der Waals surface area (Å²) in [7, 11) is 0. The fourth-order valence-electron chi connectivity index (χ4n) is 4.09. The first-order valence-electron chi connectivity index (χ1n) is 7.92. The zero-order valence-electron chi connectivity index (χ0n) is 13.3. The fourth-order valence-corrected chi connectivity index (χ4v) is 4.09. The van der Waals surface area contributed by atoms with Gasteiger partial charge in [-0.25, -0.2) is 4.79 Å². The Bertz CT molecular complexity index is 697. The number of nitro benzene ring substituents is 1. The second kappa shape index (κ2) is 6.13. The number of nitro groups is 1. The molecule has 0 radical (unpaired) electrons. The number of azide groups is 1. The highest BCUT2D eigenvalue weighted by Gasteiger charge is 2.47. The molecule has 3 rings (SSSR count). The van der Waals surface area contributed by atoms with Crippen molar-refractivity contribution in [3.8, 4) is 0 Å². The van der Waals surface area contributed by atoms with E-state index in [-0.39, 0.29) is 17.3 Å². The van der Waals surface area contributed by atoms with Crippen LogP contribution >= 0.6 is 0 Å². The molecule has 4 atom stereocenters. The van der Waals surface area contributed by atoms with Crippen molar-refractivity contribution >= 4 is 11.7 Å². The van der Waals surface area contributed by atoms with Crippen molar-refractivity contribution in [2.24, 2.45) is 17.0 Å². The number of non-ortho nitro benzene ring substituents is 1. The second-order valence-electron chi connectivity index (χ2n) is 6.92. The zero-order chi connectivity index (χ0) is 17.3. The predicted octanol–water partition coefficient (Wildman–Crippen LogP) is 4.01. The van der Waals surface area contributed by atoms with Gasteiger partial charge in [0.1, 0.15) is 6.10 Å². The van der Waals surface area contributed by atoms with Gasteiger partial charge in [-0.3, -0.25) is 10.1 Å². The molecule has 8 nitrogen and oxygen atoms in total. The number of fused-ring (bicyclic) bond motifs is 1. The number of carbonyl (C=O) groups is 1. The predicted molar refractivity (Wildman–Crippen MR) is 85.3 cm³/mol. The highest BCUT2D eigenvalue weighted by molar-refractivity contribution is 5.89. The van der Waals surface area contributed by atoms with Gasteiger partial charge in [0.25, 0.3) is 5.69 Å². The first kappa shape index (κ1) is 16.3. The quantitative estimate of drug-likeness (QED) is 0.207. The van der Waals surface area contributed by atoms with Crippen molar-refractivity contribution in [2.75, 3.05) is 0 Å². The maximum Gasteiger partial charge on any atom is 0.338 e. The average molecular weight is 330 g/mol. The minimum Gasteiger partial charge on any atom is -0.459 e. The third-order valence-electron chi connectivity index (χ3n) is 5.08. The summed E-state index contributed by atoms with van der Waals surface area (Å²) in [6.45, 7) is 1.98.